The van der Waals surface area contributed by atoms with Gasteiger partial charge in [0.2, 0.25) is 5.91 Å². The van der Waals surface area contributed by atoms with E-state index < -0.39 is 0 Å². The van der Waals surface area contributed by atoms with Crippen LogP contribution in [0.15, 0.2) is 24.3 Å². The maximum atomic E-state index is 12.8. The SMILES string of the molecule is NC1CCCC(C(=O)N(Cc2cccc(O)c2)C2CC2)C1. The van der Waals surface area contributed by atoms with Crippen LogP contribution in [0.3, 0.4) is 0 Å². The van der Waals surface area contributed by atoms with Crippen LogP contribution in [0, 0.1) is 5.92 Å². The van der Waals surface area contributed by atoms with E-state index in [1.54, 1.807) is 12.1 Å². The normalized spacial score (nSPS) is 25.6. The van der Waals surface area contributed by atoms with E-state index in [1.165, 1.54) is 0 Å². The summed E-state index contributed by atoms with van der Waals surface area (Å²) in [6.07, 6.45) is 6.09. The molecule has 2 saturated carbocycles. The van der Waals surface area contributed by atoms with Gasteiger partial charge >= 0.3 is 0 Å². The Morgan fingerprint density at radius 1 is 1.29 bits per heavy atom. The molecule has 4 nitrogen and oxygen atoms in total. The first-order chi connectivity index (χ1) is 10.1. The summed E-state index contributed by atoms with van der Waals surface area (Å²) in [6, 6.07) is 7.76. The third-order valence-corrected chi connectivity index (χ3v) is 4.60. The number of rotatable bonds is 4. The Labute approximate surface area is 125 Å². The molecule has 1 amide bonds. The molecule has 4 heteroatoms. The van der Waals surface area contributed by atoms with Gasteiger partial charge in [-0.25, -0.2) is 0 Å². The number of nitrogens with two attached hydrogens (primary N) is 1. The highest BCUT2D eigenvalue weighted by atomic mass is 16.3. The van der Waals surface area contributed by atoms with Crippen LogP contribution in [0.4, 0.5) is 0 Å². The zero-order valence-electron chi connectivity index (χ0n) is 12.4. The molecule has 114 valence electrons. The van der Waals surface area contributed by atoms with Crippen molar-refractivity contribution in [3.05, 3.63) is 29.8 Å². The van der Waals surface area contributed by atoms with E-state index in [-0.39, 0.29) is 23.6 Å². The average molecular weight is 288 g/mol. The molecule has 2 aliphatic rings. The van der Waals surface area contributed by atoms with Crippen molar-refractivity contribution in [2.45, 2.75) is 57.2 Å². The van der Waals surface area contributed by atoms with Crippen LogP contribution >= 0.6 is 0 Å². The summed E-state index contributed by atoms with van der Waals surface area (Å²) < 4.78 is 0. The van der Waals surface area contributed by atoms with Gasteiger partial charge in [-0.1, -0.05) is 18.6 Å². The smallest absolute Gasteiger partial charge is 0.226 e. The molecule has 3 N–H and O–H groups in total. The number of nitrogens with zero attached hydrogens (tertiary/aromatic N) is 1. The van der Waals surface area contributed by atoms with Crippen molar-refractivity contribution in [1.29, 1.82) is 0 Å². The summed E-state index contributed by atoms with van der Waals surface area (Å²) in [5.74, 6) is 0.609. The van der Waals surface area contributed by atoms with Crippen LogP contribution in [0.5, 0.6) is 5.75 Å². The summed E-state index contributed by atoms with van der Waals surface area (Å²) in [6.45, 7) is 0.601. The molecule has 1 aromatic rings. The second kappa shape index (κ2) is 6.06. The average Bonchev–Trinajstić information content (AvgIpc) is 3.29. The highest BCUT2D eigenvalue weighted by molar-refractivity contribution is 5.79. The maximum Gasteiger partial charge on any atom is 0.226 e. The fourth-order valence-electron chi connectivity index (χ4n) is 3.31. The minimum atomic E-state index is 0.0895. The van der Waals surface area contributed by atoms with Gasteiger partial charge in [0.15, 0.2) is 0 Å². The second-order valence-electron chi connectivity index (χ2n) is 6.49. The van der Waals surface area contributed by atoms with Crippen LogP contribution in [-0.2, 0) is 11.3 Å². The van der Waals surface area contributed by atoms with Crippen molar-refractivity contribution >= 4 is 5.91 Å². The number of hydrogen-bond acceptors (Lipinski definition) is 3. The van der Waals surface area contributed by atoms with Gasteiger partial charge in [-0.3, -0.25) is 4.79 Å². The van der Waals surface area contributed by atoms with Crippen molar-refractivity contribution in [3.8, 4) is 5.75 Å². The lowest BCUT2D eigenvalue weighted by molar-refractivity contribution is -0.138. The highest BCUT2D eigenvalue weighted by Gasteiger charge is 2.37. The fourth-order valence-corrected chi connectivity index (χ4v) is 3.31. The van der Waals surface area contributed by atoms with E-state index in [4.69, 9.17) is 5.73 Å². The summed E-state index contributed by atoms with van der Waals surface area (Å²) in [5.41, 5.74) is 7.02. The lowest BCUT2D eigenvalue weighted by Crippen LogP contribution is -2.41. The van der Waals surface area contributed by atoms with Crippen LogP contribution in [0.2, 0.25) is 0 Å². The quantitative estimate of drug-likeness (QED) is 0.894. The first-order valence-electron chi connectivity index (χ1n) is 7.97. The number of carbonyl (C=O) groups excluding carboxylic acids is 1. The van der Waals surface area contributed by atoms with E-state index in [0.717, 1.165) is 44.1 Å². The van der Waals surface area contributed by atoms with Gasteiger partial charge in [-0.15, -0.1) is 0 Å². The van der Waals surface area contributed by atoms with Gasteiger partial charge in [-0.2, -0.15) is 0 Å². The number of benzene rings is 1. The topological polar surface area (TPSA) is 66.6 Å². The van der Waals surface area contributed by atoms with E-state index in [9.17, 15) is 9.90 Å². The molecule has 0 spiro atoms. The summed E-state index contributed by atoms with van der Waals surface area (Å²) >= 11 is 0. The highest BCUT2D eigenvalue weighted by Crippen LogP contribution is 2.33. The zero-order valence-corrected chi connectivity index (χ0v) is 12.4. The van der Waals surface area contributed by atoms with Crippen LogP contribution in [-0.4, -0.2) is 28.0 Å². The zero-order chi connectivity index (χ0) is 14.8. The van der Waals surface area contributed by atoms with Gasteiger partial charge in [0.25, 0.3) is 0 Å². The van der Waals surface area contributed by atoms with Crippen molar-refractivity contribution in [2.24, 2.45) is 11.7 Å². The van der Waals surface area contributed by atoms with E-state index in [2.05, 4.69) is 0 Å². The molecule has 0 aliphatic heterocycles. The Morgan fingerprint density at radius 3 is 2.76 bits per heavy atom. The Balaban J connectivity index is 1.70. The molecule has 2 atom stereocenters. The molecule has 0 saturated heterocycles. The monoisotopic (exact) mass is 288 g/mol. The first kappa shape index (κ1) is 14.4. The van der Waals surface area contributed by atoms with Crippen molar-refractivity contribution in [3.63, 3.8) is 0 Å². The molecular weight excluding hydrogens is 264 g/mol. The number of carbonyl (C=O) groups is 1. The van der Waals surface area contributed by atoms with E-state index >= 15 is 0 Å². The molecule has 1 aromatic carbocycles. The predicted octanol–water partition coefficient (Wildman–Crippen LogP) is 2.40. The second-order valence-corrected chi connectivity index (χ2v) is 6.49. The minimum absolute atomic E-state index is 0.0895. The lowest BCUT2D eigenvalue weighted by Gasteiger charge is -2.31. The molecular formula is C17H24N2O2. The summed E-state index contributed by atoms with van der Waals surface area (Å²) in [4.78, 5) is 14.8. The number of hydrogen-bond donors (Lipinski definition) is 2. The molecule has 21 heavy (non-hydrogen) atoms. The minimum Gasteiger partial charge on any atom is -0.508 e. The number of amides is 1. The number of aromatic hydroxyl groups is 1. The molecule has 0 radical (unpaired) electrons. The molecule has 2 unspecified atom stereocenters. The fraction of sp³-hybridized carbons (Fsp3) is 0.588. The molecule has 0 bridgehead atoms. The Hall–Kier alpha value is -1.55. The standard InChI is InChI=1S/C17H24N2O2/c18-14-5-2-4-13(10-14)17(21)19(15-7-8-15)11-12-3-1-6-16(20)9-12/h1,3,6,9,13-15,20H,2,4-5,7-8,10-11,18H2. The van der Waals surface area contributed by atoms with Gasteiger partial charge in [0.1, 0.15) is 5.75 Å². The Morgan fingerprint density at radius 2 is 2.10 bits per heavy atom. The largest absolute Gasteiger partial charge is 0.508 e. The third-order valence-electron chi connectivity index (χ3n) is 4.60. The van der Waals surface area contributed by atoms with Crippen molar-refractivity contribution in [2.75, 3.05) is 0 Å². The maximum absolute atomic E-state index is 12.8. The van der Waals surface area contributed by atoms with Crippen molar-refractivity contribution in [1.82, 2.24) is 4.90 Å². The predicted molar refractivity (Wildman–Crippen MR) is 81.6 cm³/mol. The number of phenolic OH excluding ortho intramolecular Hbond substituents is 1. The molecule has 0 heterocycles. The van der Waals surface area contributed by atoms with Crippen LogP contribution in [0.1, 0.15) is 44.1 Å². The van der Waals surface area contributed by atoms with Gasteiger partial charge < -0.3 is 15.7 Å². The van der Waals surface area contributed by atoms with Gasteiger partial charge in [0, 0.05) is 24.5 Å². The third kappa shape index (κ3) is 3.56. The number of phenols is 1. The molecule has 0 aromatic heterocycles. The summed E-state index contributed by atoms with van der Waals surface area (Å²) in [5, 5.41) is 9.58. The molecule has 3 rings (SSSR count). The van der Waals surface area contributed by atoms with Gasteiger partial charge in [0.05, 0.1) is 0 Å². The Kier molecular flexibility index (Phi) is 4.15. The lowest BCUT2D eigenvalue weighted by atomic mass is 9.85. The van der Waals surface area contributed by atoms with E-state index in [1.807, 2.05) is 17.0 Å². The molecule has 2 fully saturated rings. The first-order valence-corrected chi connectivity index (χ1v) is 7.97. The van der Waals surface area contributed by atoms with Crippen LogP contribution < -0.4 is 5.73 Å². The Bertz CT molecular complexity index is 513. The molecule has 2 aliphatic carbocycles. The summed E-state index contributed by atoms with van der Waals surface area (Å²) in [7, 11) is 0. The van der Waals surface area contributed by atoms with E-state index in [0.29, 0.717) is 12.6 Å². The van der Waals surface area contributed by atoms with Gasteiger partial charge in [-0.05, 0) is 49.8 Å². The van der Waals surface area contributed by atoms with Crippen LogP contribution in [0.25, 0.3) is 0 Å². The van der Waals surface area contributed by atoms with Crippen molar-refractivity contribution < 1.29 is 9.90 Å².